The predicted octanol–water partition coefficient (Wildman–Crippen LogP) is 7.12. The number of aromatic nitrogens is 2. The van der Waals surface area contributed by atoms with Crippen LogP contribution in [-0.2, 0) is 28.5 Å². The first-order valence-electron chi connectivity index (χ1n) is 14.9. The van der Waals surface area contributed by atoms with Crippen LogP contribution in [0.2, 0.25) is 0 Å². The van der Waals surface area contributed by atoms with Gasteiger partial charge in [0.1, 0.15) is 5.60 Å². The number of likely N-dealkylation sites (tertiary alicyclic amines) is 1. The second kappa shape index (κ2) is 13.7. The maximum atomic E-state index is 13.9. The Morgan fingerprint density at radius 3 is 2.30 bits per heavy atom. The van der Waals surface area contributed by atoms with Crippen LogP contribution in [0.1, 0.15) is 86.7 Å². The molecule has 44 heavy (non-hydrogen) atoms. The molecular formula is C33H40F3N5O3. The fraction of sp³-hybridized carbons (Fsp3) is 0.455. The van der Waals surface area contributed by atoms with Crippen LogP contribution in [0.25, 0.3) is 0 Å². The van der Waals surface area contributed by atoms with Gasteiger partial charge in [0.05, 0.1) is 17.2 Å². The number of halogens is 3. The molecular weight excluding hydrogens is 571 g/mol. The number of primary amides is 1. The van der Waals surface area contributed by atoms with Crippen LogP contribution in [0.5, 0.6) is 0 Å². The molecule has 1 aliphatic rings. The number of amides is 2. The van der Waals surface area contributed by atoms with E-state index in [2.05, 4.69) is 15.3 Å². The van der Waals surface area contributed by atoms with Crippen molar-refractivity contribution in [3.8, 4) is 0 Å². The van der Waals surface area contributed by atoms with Crippen molar-refractivity contribution in [1.82, 2.24) is 14.9 Å². The molecule has 8 nitrogen and oxygen atoms in total. The van der Waals surface area contributed by atoms with Gasteiger partial charge in [-0.25, -0.2) is 14.8 Å². The number of benzene rings is 2. The van der Waals surface area contributed by atoms with Crippen molar-refractivity contribution in [2.75, 3.05) is 18.4 Å². The highest BCUT2D eigenvalue weighted by atomic mass is 19.4. The maximum absolute atomic E-state index is 13.9. The van der Waals surface area contributed by atoms with E-state index in [1.54, 1.807) is 29.2 Å². The van der Waals surface area contributed by atoms with Crippen molar-refractivity contribution in [1.29, 1.82) is 0 Å². The van der Waals surface area contributed by atoms with Crippen LogP contribution in [0.15, 0.2) is 54.7 Å². The summed E-state index contributed by atoms with van der Waals surface area (Å²) >= 11 is 0. The fourth-order valence-corrected chi connectivity index (χ4v) is 5.52. The molecule has 1 atom stereocenters. The number of aryl methyl sites for hydroxylation is 2. The van der Waals surface area contributed by atoms with E-state index in [0.717, 1.165) is 35.7 Å². The average molecular weight is 612 g/mol. The number of hydrogen-bond acceptors (Lipinski definition) is 6. The van der Waals surface area contributed by atoms with Gasteiger partial charge in [-0.1, -0.05) is 43.3 Å². The van der Waals surface area contributed by atoms with E-state index in [1.807, 2.05) is 52.0 Å². The zero-order valence-corrected chi connectivity index (χ0v) is 25.6. The summed E-state index contributed by atoms with van der Waals surface area (Å²) in [6, 6.07) is 14.8. The summed E-state index contributed by atoms with van der Waals surface area (Å²) in [4.78, 5) is 34.3. The first-order chi connectivity index (χ1) is 20.7. The molecule has 0 spiro atoms. The Morgan fingerprint density at radius 2 is 1.70 bits per heavy atom. The first kappa shape index (κ1) is 32.8. The normalized spacial score (nSPS) is 15.1. The molecule has 1 saturated heterocycles. The van der Waals surface area contributed by atoms with Gasteiger partial charge in [-0.05, 0) is 87.6 Å². The minimum Gasteiger partial charge on any atom is -0.444 e. The standard InChI is InChI=1S/C33H40F3N5O3/c1-5-25(29(37)42)26-9-7-6-8-23(26)12-15-28-27(33(34,35)36)20-38-30(40-28)39-24-13-10-21(11-14-24)22-16-18-41(19-17-22)31(43)44-32(2,3)4/h6-11,13-14,20,22,25H,5,12,15-19H2,1-4H3,(H2,37,42)(H,38,39,40). The van der Waals surface area contributed by atoms with Crippen molar-refractivity contribution >= 4 is 23.6 Å². The number of nitrogens with two attached hydrogens (primary N) is 1. The SMILES string of the molecule is CCC(C(N)=O)c1ccccc1CCc1nc(Nc2ccc(C3CCN(C(=O)OC(C)(C)C)CC3)cc2)ncc1C(F)(F)F. The Bertz CT molecular complexity index is 1450. The molecule has 4 rings (SSSR count). The number of ether oxygens (including phenoxy) is 1. The van der Waals surface area contributed by atoms with E-state index in [1.165, 1.54) is 0 Å². The molecule has 1 aliphatic heterocycles. The van der Waals surface area contributed by atoms with Crippen LogP contribution >= 0.6 is 0 Å². The molecule has 0 bridgehead atoms. The second-order valence-corrected chi connectivity index (χ2v) is 12.1. The molecule has 11 heteroatoms. The Labute approximate surface area is 256 Å². The van der Waals surface area contributed by atoms with E-state index >= 15 is 0 Å². The molecule has 0 radical (unpaired) electrons. The highest BCUT2D eigenvalue weighted by Gasteiger charge is 2.35. The third-order valence-electron chi connectivity index (χ3n) is 7.77. The maximum Gasteiger partial charge on any atom is 0.419 e. The van der Waals surface area contributed by atoms with Crippen molar-refractivity contribution < 1.29 is 27.5 Å². The Kier molecular flexibility index (Phi) is 10.2. The number of hydrogen-bond donors (Lipinski definition) is 2. The van der Waals surface area contributed by atoms with Crippen LogP contribution in [0.4, 0.5) is 29.6 Å². The smallest absolute Gasteiger partial charge is 0.419 e. The minimum atomic E-state index is -4.62. The summed E-state index contributed by atoms with van der Waals surface area (Å²) in [5.41, 5.74) is 7.25. The summed E-state index contributed by atoms with van der Waals surface area (Å²) in [7, 11) is 0. The molecule has 236 valence electrons. The number of rotatable bonds is 9. The van der Waals surface area contributed by atoms with E-state index < -0.39 is 29.2 Å². The van der Waals surface area contributed by atoms with Gasteiger partial charge in [-0.3, -0.25) is 4.79 Å². The molecule has 2 aromatic carbocycles. The molecule has 2 amide bonds. The number of carbonyl (C=O) groups is 2. The number of piperidine rings is 1. The lowest BCUT2D eigenvalue weighted by atomic mass is 9.89. The third-order valence-corrected chi connectivity index (χ3v) is 7.77. The lowest BCUT2D eigenvalue weighted by Gasteiger charge is -2.33. The zero-order valence-electron chi connectivity index (χ0n) is 25.6. The van der Waals surface area contributed by atoms with Gasteiger partial charge < -0.3 is 20.7 Å². The minimum absolute atomic E-state index is 0.000810. The van der Waals surface area contributed by atoms with Gasteiger partial charge in [-0.2, -0.15) is 13.2 Å². The monoisotopic (exact) mass is 611 g/mol. The average Bonchev–Trinajstić information content (AvgIpc) is 2.96. The Hall–Kier alpha value is -4.15. The molecule has 0 aliphatic carbocycles. The Morgan fingerprint density at radius 1 is 1.05 bits per heavy atom. The van der Waals surface area contributed by atoms with Crippen LogP contribution < -0.4 is 11.1 Å². The van der Waals surface area contributed by atoms with Gasteiger partial charge in [0.2, 0.25) is 11.9 Å². The van der Waals surface area contributed by atoms with Gasteiger partial charge in [0.25, 0.3) is 0 Å². The van der Waals surface area contributed by atoms with Crippen LogP contribution in [-0.4, -0.2) is 45.6 Å². The lowest BCUT2D eigenvalue weighted by Crippen LogP contribution is -2.41. The second-order valence-electron chi connectivity index (χ2n) is 12.1. The van der Waals surface area contributed by atoms with Crippen LogP contribution in [0.3, 0.4) is 0 Å². The molecule has 3 aromatic rings. The summed E-state index contributed by atoms with van der Waals surface area (Å²) in [6.45, 7) is 8.59. The van der Waals surface area contributed by atoms with Crippen molar-refractivity contribution in [2.45, 2.75) is 83.4 Å². The van der Waals surface area contributed by atoms with Gasteiger partial charge in [-0.15, -0.1) is 0 Å². The summed E-state index contributed by atoms with van der Waals surface area (Å²) < 4.78 is 47.1. The fourth-order valence-electron chi connectivity index (χ4n) is 5.52. The molecule has 1 aromatic heterocycles. The van der Waals surface area contributed by atoms with E-state index in [4.69, 9.17) is 10.5 Å². The number of carbonyl (C=O) groups excluding carboxylic acids is 2. The van der Waals surface area contributed by atoms with Crippen molar-refractivity contribution in [3.05, 3.63) is 82.7 Å². The molecule has 0 saturated carbocycles. The molecule has 3 N–H and O–H groups in total. The Balaban J connectivity index is 1.44. The van der Waals surface area contributed by atoms with E-state index in [0.29, 0.717) is 25.2 Å². The number of anilines is 2. The first-order valence-corrected chi connectivity index (χ1v) is 14.9. The summed E-state index contributed by atoms with van der Waals surface area (Å²) in [6.07, 6.45) is -1.76. The largest absolute Gasteiger partial charge is 0.444 e. The van der Waals surface area contributed by atoms with Gasteiger partial charge in [0.15, 0.2) is 0 Å². The quantitative estimate of drug-likeness (QED) is 0.267. The lowest BCUT2D eigenvalue weighted by molar-refractivity contribution is -0.138. The summed E-state index contributed by atoms with van der Waals surface area (Å²) in [5, 5.41) is 3.03. The molecule has 1 unspecified atom stereocenters. The van der Waals surface area contributed by atoms with Gasteiger partial charge in [0, 0.05) is 25.0 Å². The van der Waals surface area contributed by atoms with Crippen LogP contribution in [0, 0.1) is 0 Å². The predicted molar refractivity (Wildman–Crippen MR) is 163 cm³/mol. The number of alkyl halides is 3. The number of nitrogens with zero attached hydrogens (tertiary/aromatic N) is 3. The third kappa shape index (κ3) is 8.48. The van der Waals surface area contributed by atoms with E-state index in [9.17, 15) is 22.8 Å². The number of nitrogens with one attached hydrogen (secondary N) is 1. The van der Waals surface area contributed by atoms with Crippen molar-refractivity contribution in [3.63, 3.8) is 0 Å². The molecule has 2 heterocycles. The topological polar surface area (TPSA) is 110 Å². The van der Waals surface area contributed by atoms with Gasteiger partial charge >= 0.3 is 12.3 Å². The van der Waals surface area contributed by atoms with E-state index in [-0.39, 0.29) is 36.5 Å². The molecule has 1 fully saturated rings. The highest BCUT2D eigenvalue weighted by molar-refractivity contribution is 5.82. The highest BCUT2D eigenvalue weighted by Crippen LogP contribution is 2.34. The van der Waals surface area contributed by atoms with Crippen molar-refractivity contribution in [2.24, 2.45) is 5.73 Å². The zero-order chi connectivity index (χ0) is 32.1. The summed E-state index contributed by atoms with van der Waals surface area (Å²) in [5.74, 6) is -0.650.